The summed E-state index contributed by atoms with van der Waals surface area (Å²) in [5.74, 6) is 0.0114. The zero-order chi connectivity index (χ0) is 22.1. The van der Waals surface area contributed by atoms with Gasteiger partial charge >= 0.3 is 6.18 Å². The SMILES string of the molecule is COc1nc(-c2ccc(C(F)(F)F)cc2)c(-c2ccc(S(N)(=O)=O)cc2)cc1C#N. The van der Waals surface area contributed by atoms with Gasteiger partial charge in [0.25, 0.3) is 0 Å². The summed E-state index contributed by atoms with van der Waals surface area (Å²) in [5.41, 5.74) is 0.820. The number of benzene rings is 2. The molecule has 0 saturated heterocycles. The van der Waals surface area contributed by atoms with E-state index in [0.717, 1.165) is 12.1 Å². The highest BCUT2D eigenvalue weighted by Crippen LogP contribution is 2.36. The zero-order valence-corrected chi connectivity index (χ0v) is 16.3. The van der Waals surface area contributed by atoms with Crippen molar-refractivity contribution in [1.82, 2.24) is 4.98 Å². The summed E-state index contributed by atoms with van der Waals surface area (Å²) in [6.45, 7) is 0. The van der Waals surface area contributed by atoms with Crippen LogP contribution in [0.25, 0.3) is 22.4 Å². The number of alkyl halides is 3. The smallest absolute Gasteiger partial charge is 0.416 e. The minimum Gasteiger partial charge on any atom is -0.480 e. The van der Waals surface area contributed by atoms with Crippen LogP contribution in [0.1, 0.15) is 11.1 Å². The number of hydrogen-bond donors (Lipinski definition) is 1. The van der Waals surface area contributed by atoms with E-state index >= 15 is 0 Å². The lowest BCUT2D eigenvalue weighted by molar-refractivity contribution is -0.137. The molecular formula is C20H14F3N3O3S. The Morgan fingerprint density at radius 1 is 1.03 bits per heavy atom. The molecule has 1 aromatic heterocycles. The minimum absolute atomic E-state index is 0.0114. The van der Waals surface area contributed by atoms with Gasteiger partial charge in [0.2, 0.25) is 15.9 Å². The summed E-state index contributed by atoms with van der Waals surface area (Å²) in [7, 11) is -2.58. The van der Waals surface area contributed by atoms with Crippen molar-refractivity contribution in [2.24, 2.45) is 5.14 Å². The number of nitriles is 1. The standard InChI is InChI=1S/C20H14F3N3O3S/c1-29-19-14(11-24)10-17(12-4-8-16(9-5-12)30(25,27)28)18(26-19)13-2-6-15(7-3-13)20(21,22)23/h2-10H,1H3,(H2,25,27,28). The van der Waals surface area contributed by atoms with Crippen LogP contribution >= 0.6 is 0 Å². The Kier molecular flexibility index (Phi) is 5.52. The predicted molar refractivity (Wildman–Crippen MR) is 103 cm³/mol. The normalized spacial score (nSPS) is 11.7. The molecule has 0 aliphatic rings. The lowest BCUT2D eigenvalue weighted by atomic mass is 9.97. The number of aromatic nitrogens is 1. The Balaban J connectivity index is 2.21. The number of nitrogens with zero attached hydrogens (tertiary/aromatic N) is 2. The van der Waals surface area contributed by atoms with E-state index in [1.165, 1.54) is 49.6 Å². The molecule has 0 fully saturated rings. The highest BCUT2D eigenvalue weighted by molar-refractivity contribution is 7.89. The number of nitrogens with two attached hydrogens (primary N) is 1. The summed E-state index contributed by atoms with van der Waals surface area (Å²) >= 11 is 0. The minimum atomic E-state index is -4.49. The molecule has 0 unspecified atom stereocenters. The van der Waals surface area contributed by atoms with Gasteiger partial charge in [-0.3, -0.25) is 0 Å². The number of rotatable bonds is 4. The summed E-state index contributed by atoms with van der Waals surface area (Å²) in [6, 6.07) is 13.3. The van der Waals surface area contributed by atoms with E-state index in [1.807, 2.05) is 6.07 Å². The maximum absolute atomic E-state index is 12.9. The molecule has 0 saturated carbocycles. The van der Waals surface area contributed by atoms with Gasteiger partial charge < -0.3 is 4.74 Å². The average Bonchev–Trinajstić information content (AvgIpc) is 2.71. The van der Waals surface area contributed by atoms with Crippen LogP contribution in [0.2, 0.25) is 0 Å². The molecule has 2 aromatic carbocycles. The Morgan fingerprint density at radius 3 is 2.07 bits per heavy atom. The molecule has 0 aliphatic carbocycles. The summed E-state index contributed by atoms with van der Waals surface area (Å²) < 4.78 is 66.7. The zero-order valence-electron chi connectivity index (χ0n) is 15.4. The van der Waals surface area contributed by atoms with Gasteiger partial charge in [-0.15, -0.1) is 0 Å². The molecule has 30 heavy (non-hydrogen) atoms. The molecule has 1 heterocycles. The Morgan fingerprint density at radius 2 is 1.60 bits per heavy atom. The quantitative estimate of drug-likeness (QED) is 0.670. The number of pyridine rings is 1. The first kappa shape index (κ1) is 21.3. The molecule has 3 rings (SSSR count). The van der Waals surface area contributed by atoms with Crippen molar-refractivity contribution in [2.45, 2.75) is 11.1 Å². The maximum Gasteiger partial charge on any atom is 0.416 e. The fourth-order valence-corrected chi connectivity index (χ4v) is 3.33. The van der Waals surface area contributed by atoms with Crippen molar-refractivity contribution in [1.29, 1.82) is 5.26 Å². The van der Waals surface area contributed by atoms with Crippen molar-refractivity contribution in [3.8, 4) is 34.3 Å². The van der Waals surface area contributed by atoms with Crippen LogP contribution in [0.5, 0.6) is 5.88 Å². The van der Waals surface area contributed by atoms with Crippen LogP contribution in [-0.2, 0) is 16.2 Å². The van der Waals surface area contributed by atoms with Crippen molar-refractivity contribution >= 4 is 10.0 Å². The molecule has 0 amide bonds. The number of primary sulfonamides is 1. The van der Waals surface area contributed by atoms with Crippen molar-refractivity contribution in [2.75, 3.05) is 7.11 Å². The Bertz CT molecular complexity index is 1230. The van der Waals surface area contributed by atoms with Crippen LogP contribution < -0.4 is 9.88 Å². The van der Waals surface area contributed by atoms with Crippen LogP contribution in [0.3, 0.4) is 0 Å². The first-order valence-corrected chi connectivity index (χ1v) is 9.89. The third-order valence-electron chi connectivity index (χ3n) is 4.28. The van der Waals surface area contributed by atoms with Gasteiger partial charge in [0, 0.05) is 11.1 Å². The van der Waals surface area contributed by atoms with Gasteiger partial charge in [-0.25, -0.2) is 18.5 Å². The molecule has 0 radical (unpaired) electrons. The molecule has 3 aromatic rings. The first-order valence-electron chi connectivity index (χ1n) is 8.34. The van der Waals surface area contributed by atoms with Crippen molar-refractivity contribution in [3.05, 3.63) is 65.7 Å². The van der Waals surface area contributed by atoms with Gasteiger partial charge in [-0.2, -0.15) is 18.4 Å². The van der Waals surface area contributed by atoms with E-state index < -0.39 is 21.8 Å². The van der Waals surface area contributed by atoms with E-state index in [-0.39, 0.29) is 22.0 Å². The van der Waals surface area contributed by atoms with Gasteiger partial charge in [-0.05, 0) is 35.9 Å². The molecule has 10 heteroatoms. The molecule has 0 bridgehead atoms. The monoisotopic (exact) mass is 433 g/mol. The number of sulfonamides is 1. The van der Waals surface area contributed by atoms with Crippen molar-refractivity contribution in [3.63, 3.8) is 0 Å². The molecule has 0 spiro atoms. The first-order chi connectivity index (χ1) is 14.0. The van der Waals surface area contributed by atoms with E-state index in [4.69, 9.17) is 9.88 Å². The highest BCUT2D eigenvalue weighted by Gasteiger charge is 2.30. The second kappa shape index (κ2) is 7.78. The predicted octanol–water partition coefficient (Wildman–Crippen LogP) is 3.96. The third kappa shape index (κ3) is 4.27. The van der Waals surface area contributed by atoms with Crippen LogP contribution in [0.15, 0.2) is 59.5 Å². The number of ether oxygens (including phenoxy) is 1. The van der Waals surface area contributed by atoms with E-state index in [9.17, 15) is 26.9 Å². The fraction of sp³-hybridized carbons (Fsp3) is 0.100. The molecular weight excluding hydrogens is 419 g/mol. The summed E-state index contributed by atoms with van der Waals surface area (Å²) in [5, 5.41) is 14.5. The van der Waals surface area contributed by atoms with E-state index in [0.29, 0.717) is 16.7 Å². The summed E-state index contributed by atoms with van der Waals surface area (Å²) in [6.07, 6.45) is -4.49. The molecule has 6 nitrogen and oxygen atoms in total. The maximum atomic E-state index is 12.9. The molecule has 0 atom stereocenters. The number of hydrogen-bond acceptors (Lipinski definition) is 5. The lowest BCUT2D eigenvalue weighted by Gasteiger charge is -2.14. The lowest BCUT2D eigenvalue weighted by Crippen LogP contribution is -2.11. The largest absolute Gasteiger partial charge is 0.480 e. The van der Waals surface area contributed by atoms with Gasteiger partial charge in [0.1, 0.15) is 11.6 Å². The van der Waals surface area contributed by atoms with Crippen molar-refractivity contribution < 1.29 is 26.3 Å². The molecule has 0 aliphatic heterocycles. The Labute approximate surface area is 170 Å². The highest BCUT2D eigenvalue weighted by atomic mass is 32.2. The van der Waals surface area contributed by atoms with Gasteiger partial charge in [0.05, 0.1) is 23.3 Å². The Hall–Kier alpha value is -3.42. The fourth-order valence-electron chi connectivity index (χ4n) is 2.81. The number of methoxy groups -OCH3 is 1. The molecule has 2 N–H and O–H groups in total. The summed E-state index contributed by atoms with van der Waals surface area (Å²) in [4.78, 5) is 4.20. The van der Waals surface area contributed by atoms with Crippen LogP contribution in [0.4, 0.5) is 13.2 Å². The second-order valence-corrected chi connectivity index (χ2v) is 7.76. The van der Waals surface area contributed by atoms with Crippen LogP contribution in [-0.4, -0.2) is 20.5 Å². The topological polar surface area (TPSA) is 106 Å². The van der Waals surface area contributed by atoms with Gasteiger partial charge in [-0.1, -0.05) is 24.3 Å². The average molecular weight is 433 g/mol. The van der Waals surface area contributed by atoms with Gasteiger partial charge in [0.15, 0.2) is 0 Å². The third-order valence-corrected chi connectivity index (χ3v) is 5.21. The van der Waals surface area contributed by atoms with E-state index in [1.54, 1.807) is 0 Å². The molecule has 154 valence electrons. The number of halogens is 3. The van der Waals surface area contributed by atoms with Crippen LogP contribution in [0, 0.1) is 11.3 Å². The van der Waals surface area contributed by atoms with E-state index in [2.05, 4.69) is 4.98 Å². The second-order valence-electron chi connectivity index (χ2n) is 6.20.